The van der Waals surface area contributed by atoms with Gasteiger partial charge in [-0.25, -0.2) is 0 Å². The minimum atomic E-state index is -0.670. The number of carbonyl (C=O) groups excluding carboxylic acids is 2. The number of nitrogens with zero attached hydrogens (tertiary/aromatic N) is 3. The van der Waals surface area contributed by atoms with E-state index < -0.39 is 5.41 Å². The molecule has 5 nitrogen and oxygen atoms in total. The number of carbonyl (C=O) groups is 2. The summed E-state index contributed by atoms with van der Waals surface area (Å²) in [7, 11) is 0. The lowest BCUT2D eigenvalue weighted by Crippen LogP contribution is -2.55. The van der Waals surface area contributed by atoms with Crippen LogP contribution in [0.2, 0.25) is 0 Å². The number of rotatable bonds is 4. The first-order valence-corrected chi connectivity index (χ1v) is 9.96. The summed E-state index contributed by atoms with van der Waals surface area (Å²) in [5.74, 6) is -0.262. The Balaban J connectivity index is 1.39. The summed E-state index contributed by atoms with van der Waals surface area (Å²) in [5, 5.41) is 0. The predicted octanol–water partition coefficient (Wildman–Crippen LogP) is 2.77. The fourth-order valence-corrected chi connectivity index (χ4v) is 4.22. The molecule has 5 heteroatoms. The van der Waals surface area contributed by atoms with Crippen molar-refractivity contribution in [1.82, 2.24) is 9.80 Å². The lowest BCUT2D eigenvalue weighted by atomic mass is 9.77. The van der Waals surface area contributed by atoms with Crippen LogP contribution in [0.5, 0.6) is 0 Å². The molecule has 2 aromatic carbocycles. The fraction of sp³-hybridized carbons (Fsp3) is 0.391. The molecule has 2 aromatic rings. The maximum Gasteiger partial charge on any atom is 0.260 e. The van der Waals surface area contributed by atoms with Gasteiger partial charge in [-0.05, 0) is 37.6 Å². The van der Waals surface area contributed by atoms with Crippen LogP contribution in [0, 0.1) is 0 Å². The zero-order valence-electron chi connectivity index (χ0n) is 16.6. The third-order valence-electron chi connectivity index (χ3n) is 5.99. The molecule has 2 aliphatic heterocycles. The number of benzene rings is 2. The number of imide groups is 1. The monoisotopic (exact) mass is 377 g/mol. The Labute approximate surface area is 166 Å². The molecule has 0 unspecified atom stereocenters. The smallest absolute Gasteiger partial charge is 0.260 e. The molecule has 0 bridgehead atoms. The Kier molecular flexibility index (Phi) is 4.94. The Morgan fingerprint density at radius 2 is 1.46 bits per heavy atom. The highest BCUT2D eigenvalue weighted by Gasteiger charge is 2.44. The molecule has 0 aliphatic carbocycles. The second-order valence-electron chi connectivity index (χ2n) is 8.10. The van der Waals surface area contributed by atoms with E-state index in [0.29, 0.717) is 12.1 Å². The van der Waals surface area contributed by atoms with Crippen molar-refractivity contribution in [2.24, 2.45) is 0 Å². The van der Waals surface area contributed by atoms with E-state index in [2.05, 4.69) is 34.1 Å². The Hall–Kier alpha value is -2.66. The molecule has 0 radical (unpaired) electrons. The van der Waals surface area contributed by atoms with Gasteiger partial charge in [0.2, 0.25) is 5.91 Å². The number of hydrogen-bond donors (Lipinski definition) is 0. The zero-order valence-corrected chi connectivity index (χ0v) is 16.6. The van der Waals surface area contributed by atoms with Gasteiger partial charge in [-0.1, -0.05) is 36.4 Å². The lowest BCUT2D eigenvalue weighted by molar-refractivity contribution is -0.134. The van der Waals surface area contributed by atoms with E-state index in [1.165, 1.54) is 10.6 Å². The molecule has 2 heterocycles. The molecule has 0 spiro atoms. The van der Waals surface area contributed by atoms with Crippen LogP contribution in [0.25, 0.3) is 0 Å². The largest absolute Gasteiger partial charge is 0.369 e. The number of amides is 2. The summed E-state index contributed by atoms with van der Waals surface area (Å²) >= 11 is 0. The zero-order chi connectivity index (χ0) is 19.7. The van der Waals surface area contributed by atoms with E-state index in [-0.39, 0.29) is 11.8 Å². The van der Waals surface area contributed by atoms with Crippen molar-refractivity contribution in [1.29, 1.82) is 0 Å². The van der Waals surface area contributed by atoms with Gasteiger partial charge < -0.3 is 4.90 Å². The van der Waals surface area contributed by atoms with Gasteiger partial charge in [0.05, 0.1) is 5.41 Å². The van der Waals surface area contributed by atoms with E-state index >= 15 is 0 Å². The molecule has 28 heavy (non-hydrogen) atoms. The molecule has 0 N–H and O–H groups in total. The third kappa shape index (κ3) is 3.31. The molecule has 0 saturated carbocycles. The van der Waals surface area contributed by atoms with Crippen molar-refractivity contribution in [2.45, 2.75) is 19.3 Å². The second kappa shape index (κ2) is 7.40. The van der Waals surface area contributed by atoms with Gasteiger partial charge in [-0.3, -0.25) is 19.4 Å². The molecule has 0 atom stereocenters. The van der Waals surface area contributed by atoms with Crippen LogP contribution >= 0.6 is 0 Å². The predicted molar refractivity (Wildman–Crippen MR) is 111 cm³/mol. The topological polar surface area (TPSA) is 43.9 Å². The van der Waals surface area contributed by atoms with E-state index in [1.807, 2.05) is 44.2 Å². The average Bonchev–Trinajstić information content (AvgIpc) is 2.74. The van der Waals surface area contributed by atoms with Crippen molar-refractivity contribution in [3.05, 3.63) is 65.7 Å². The average molecular weight is 377 g/mol. The van der Waals surface area contributed by atoms with E-state index in [1.54, 1.807) is 0 Å². The number of fused-ring (bicyclic) bond motifs is 1. The highest BCUT2D eigenvalue weighted by molar-refractivity contribution is 6.12. The molecule has 146 valence electrons. The SMILES string of the molecule is CC1(C)C(=O)N(CCN2CCN(c3ccccc3)CC2)C(=O)c2ccccc21. The first-order chi connectivity index (χ1) is 13.5. The van der Waals surface area contributed by atoms with Gasteiger partial charge in [0, 0.05) is 50.5 Å². The van der Waals surface area contributed by atoms with Gasteiger partial charge in [0.25, 0.3) is 5.91 Å². The van der Waals surface area contributed by atoms with Crippen molar-refractivity contribution in [2.75, 3.05) is 44.2 Å². The van der Waals surface area contributed by atoms with E-state index in [9.17, 15) is 9.59 Å². The van der Waals surface area contributed by atoms with Crippen molar-refractivity contribution >= 4 is 17.5 Å². The van der Waals surface area contributed by atoms with Crippen LogP contribution in [0.1, 0.15) is 29.8 Å². The van der Waals surface area contributed by atoms with Crippen LogP contribution in [-0.2, 0) is 10.2 Å². The van der Waals surface area contributed by atoms with Crippen LogP contribution in [-0.4, -0.2) is 60.9 Å². The number of piperazine rings is 1. The summed E-state index contributed by atoms with van der Waals surface area (Å²) in [6, 6.07) is 17.9. The number of hydrogen-bond acceptors (Lipinski definition) is 4. The summed E-state index contributed by atoms with van der Waals surface area (Å²) in [5.41, 5.74) is 2.07. The number of anilines is 1. The standard InChI is InChI=1S/C23H27N3O2/c1-23(2)20-11-7-6-10-19(20)21(27)26(22(23)28)17-14-24-12-15-25(16-13-24)18-8-4-3-5-9-18/h3-11H,12-17H2,1-2H3. The Morgan fingerprint density at radius 1 is 0.821 bits per heavy atom. The van der Waals surface area contributed by atoms with Crippen molar-refractivity contribution < 1.29 is 9.59 Å². The summed E-state index contributed by atoms with van der Waals surface area (Å²) in [4.78, 5) is 32.1. The maximum absolute atomic E-state index is 13.0. The first-order valence-electron chi connectivity index (χ1n) is 9.96. The minimum absolute atomic E-state index is 0.0980. The molecule has 0 aromatic heterocycles. The van der Waals surface area contributed by atoms with Crippen LogP contribution < -0.4 is 4.90 Å². The Morgan fingerprint density at radius 3 is 2.18 bits per heavy atom. The molecule has 1 saturated heterocycles. The molecular weight excluding hydrogens is 350 g/mol. The minimum Gasteiger partial charge on any atom is -0.369 e. The van der Waals surface area contributed by atoms with Crippen molar-refractivity contribution in [3.8, 4) is 0 Å². The summed E-state index contributed by atoms with van der Waals surface area (Å²) < 4.78 is 0. The quantitative estimate of drug-likeness (QED) is 0.769. The van der Waals surface area contributed by atoms with E-state index in [4.69, 9.17) is 0 Å². The molecule has 1 fully saturated rings. The summed E-state index contributed by atoms with van der Waals surface area (Å²) in [6.07, 6.45) is 0. The highest BCUT2D eigenvalue weighted by Crippen LogP contribution is 2.34. The fourth-order valence-electron chi connectivity index (χ4n) is 4.22. The third-order valence-corrected chi connectivity index (χ3v) is 5.99. The van der Waals surface area contributed by atoms with Gasteiger partial charge in [0.1, 0.15) is 0 Å². The molecular formula is C23H27N3O2. The van der Waals surface area contributed by atoms with Gasteiger partial charge in [-0.2, -0.15) is 0 Å². The lowest BCUT2D eigenvalue weighted by Gasteiger charge is -2.40. The van der Waals surface area contributed by atoms with Crippen molar-refractivity contribution in [3.63, 3.8) is 0 Å². The van der Waals surface area contributed by atoms with Gasteiger partial charge in [0.15, 0.2) is 0 Å². The van der Waals surface area contributed by atoms with E-state index in [0.717, 1.165) is 38.3 Å². The first kappa shape index (κ1) is 18.7. The number of para-hydroxylation sites is 1. The molecule has 2 amide bonds. The van der Waals surface area contributed by atoms with Crippen LogP contribution in [0.4, 0.5) is 5.69 Å². The van der Waals surface area contributed by atoms with Gasteiger partial charge in [-0.15, -0.1) is 0 Å². The normalized spacial score (nSPS) is 19.6. The maximum atomic E-state index is 13.0. The van der Waals surface area contributed by atoms with Crippen LogP contribution in [0.15, 0.2) is 54.6 Å². The Bertz CT molecular complexity index is 870. The molecule has 4 rings (SSSR count). The highest BCUT2D eigenvalue weighted by atomic mass is 16.2. The van der Waals surface area contributed by atoms with Gasteiger partial charge >= 0.3 is 0 Å². The second-order valence-corrected chi connectivity index (χ2v) is 8.10. The van der Waals surface area contributed by atoms with Crippen LogP contribution in [0.3, 0.4) is 0 Å². The molecule has 2 aliphatic rings. The summed E-state index contributed by atoms with van der Waals surface area (Å²) in [6.45, 7) is 8.77.